The molecule has 2 rings (SSSR count). The van der Waals surface area contributed by atoms with Crippen LogP contribution in [-0.2, 0) is 12.8 Å². The van der Waals surface area contributed by atoms with Gasteiger partial charge in [0, 0.05) is 6.42 Å². The highest BCUT2D eigenvalue weighted by Gasteiger charge is 2.12. The fourth-order valence-corrected chi connectivity index (χ4v) is 1.99. The smallest absolute Gasteiger partial charge is 0.419 e. The fourth-order valence-electron chi connectivity index (χ4n) is 1.27. The minimum Gasteiger partial charge on any atom is -0.494 e. The van der Waals surface area contributed by atoms with E-state index >= 15 is 0 Å². The minimum absolute atomic E-state index is 0.102. The van der Waals surface area contributed by atoms with Crippen LogP contribution in [0.1, 0.15) is 10.6 Å². The number of aromatic nitrogens is 2. The topological polar surface area (TPSA) is 119 Å². The van der Waals surface area contributed by atoms with Crippen LogP contribution in [0.2, 0.25) is 0 Å². The van der Waals surface area contributed by atoms with Crippen LogP contribution in [0.25, 0.3) is 0 Å². The van der Waals surface area contributed by atoms with Crippen LogP contribution in [0.5, 0.6) is 11.8 Å². The van der Waals surface area contributed by atoms with E-state index in [4.69, 9.17) is 0 Å². The largest absolute Gasteiger partial charge is 0.494 e. The summed E-state index contributed by atoms with van der Waals surface area (Å²) in [6, 6.07) is 0. The molecule has 0 saturated carbocycles. The fraction of sp³-hybridized carbons (Fsp3) is 0.250. The molecule has 0 atom stereocenters. The predicted octanol–water partition coefficient (Wildman–Crippen LogP) is -0.0859. The molecule has 0 saturated heterocycles. The molecule has 2 heterocycles. The molecule has 0 fully saturated rings. The summed E-state index contributed by atoms with van der Waals surface area (Å²) in [6.07, 6.45) is 0.509. The van der Waals surface area contributed by atoms with Crippen LogP contribution in [-0.4, -0.2) is 20.2 Å². The van der Waals surface area contributed by atoms with E-state index in [-0.39, 0.29) is 28.8 Å². The molecule has 0 bridgehead atoms. The molecule has 0 amide bonds. The number of thiazole rings is 1. The Kier molecular flexibility index (Phi) is 2.57. The summed E-state index contributed by atoms with van der Waals surface area (Å²) in [7, 11) is 0. The Morgan fingerprint density at radius 2 is 1.88 bits per heavy atom. The first kappa shape index (κ1) is 10.6. The second-order valence-electron chi connectivity index (χ2n) is 3.07. The van der Waals surface area contributed by atoms with Crippen molar-refractivity contribution < 1.29 is 14.6 Å². The SMILES string of the molecule is O=c1[nH]c(O)c(CCc2sc(=O)[nH]c2O)o1. The van der Waals surface area contributed by atoms with Gasteiger partial charge in [0.15, 0.2) is 5.76 Å². The first-order chi connectivity index (χ1) is 7.56. The molecule has 7 nitrogen and oxygen atoms in total. The monoisotopic (exact) mass is 244 g/mol. The number of nitrogens with one attached hydrogen (secondary N) is 2. The molecule has 0 aliphatic heterocycles. The number of oxazole rings is 1. The molecule has 8 heteroatoms. The van der Waals surface area contributed by atoms with Gasteiger partial charge in [-0.3, -0.25) is 14.8 Å². The maximum absolute atomic E-state index is 10.9. The van der Waals surface area contributed by atoms with E-state index in [1.807, 2.05) is 0 Å². The molecule has 0 unspecified atom stereocenters. The molecule has 0 aromatic carbocycles. The predicted molar refractivity (Wildman–Crippen MR) is 55.0 cm³/mol. The van der Waals surface area contributed by atoms with E-state index in [1.54, 1.807) is 0 Å². The summed E-state index contributed by atoms with van der Waals surface area (Å²) >= 11 is 0.874. The molecule has 0 spiro atoms. The van der Waals surface area contributed by atoms with Crippen molar-refractivity contribution in [3.8, 4) is 11.8 Å². The third-order valence-electron chi connectivity index (χ3n) is 1.98. The molecule has 86 valence electrons. The lowest BCUT2D eigenvalue weighted by Gasteiger charge is -1.95. The Labute approximate surface area is 92.0 Å². The van der Waals surface area contributed by atoms with Gasteiger partial charge in [0.1, 0.15) is 0 Å². The average Bonchev–Trinajstić information content (AvgIpc) is 2.66. The van der Waals surface area contributed by atoms with Crippen molar-refractivity contribution in [2.24, 2.45) is 0 Å². The van der Waals surface area contributed by atoms with Gasteiger partial charge in [-0.05, 0) is 6.42 Å². The highest BCUT2D eigenvalue weighted by atomic mass is 32.1. The van der Waals surface area contributed by atoms with Gasteiger partial charge in [-0.2, -0.15) is 0 Å². The Morgan fingerprint density at radius 3 is 2.38 bits per heavy atom. The van der Waals surface area contributed by atoms with Gasteiger partial charge in [0.05, 0.1) is 4.88 Å². The normalized spacial score (nSPS) is 10.8. The molecular formula is C8H8N2O5S. The van der Waals surface area contributed by atoms with Gasteiger partial charge in [0.25, 0.3) is 0 Å². The third-order valence-corrected chi connectivity index (χ3v) is 2.91. The van der Waals surface area contributed by atoms with Crippen molar-refractivity contribution >= 4 is 11.3 Å². The standard InChI is InChI=1S/C8H8N2O5S/c11-5-3(15-7(13)9-5)1-2-4-6(12)10-8(14)16-4/h11-12H,1-2H2,(H,9,13)(H,10,14). The van der Waals surface area contributed by atoms with E-state index in [0.29, 0.717) is 11.3 Å². The van der Waals surface area contributed by atoms with Crippen LogP contribution in [0, 0.1) is 0 Å². The second kappa shape index (κ2) is 3.89. The molecule has 4 N–H and O–H groups in total. The van der Waals surface area contributed by atoms with Gasteiger partial charge in [-0.1, -0.05) is 11.3 Å². The van der Waals surface area contributed by atoms with Crippen LogP contribution in [0.15, 0.2) is 14.0 Å². The van der Waals surface area contributed by atoms with Gasteiger partial charge in [-0.15, -0.1) is 0 Å². The van der Waals surface area contributed by atoms with Gasteiger partial charge in [-0.25, -0.2) is 4.79 Å². The summed E-state index contributed by atoms with van der Waals surface area (Å²) in [5.41, 5.74) is 0. The van der Waals surface area contributed by atoms with Crippen molar-refractivity contribution in [2.45, 2.75) is 12.8 Å². The maximum atomic E-state index is 10.9. The average molecular weight is 244 g/mol. The summed E-state index contributed by atoms with van der Waals surface area (Å²) in [5, 5.41) is 18.5. The number of aryl methyl sites for hydroxylation is 2. The Bertz CT molecular complexity index is 550. The van der Waals surface area contributed by atoms with E-state index in [9.17, 15) is 19.8 Å². The maximum Gasteiger partial charge on any atom is 0.419 e. The molecular weight excluding hydrogens is 236 g/mol. The lowest BCUT2D eigenvalue weighted by Crippen LogP contribution is -1.93. The van der Waals surface area contributed by atoms with Crippen LogP contribution < -0.4 is 10.6 Å². The quantitative estimate of drug-likeness (QED) is 0.601. The molecule has 0 radical (unpaired) electrons. The minimum atomic E-state index is -0.737. The van der Waals surface area contributed by atoms with Crippen molar-refractivity contribution in [2.75, 3.05) is 0 Å². The molecule has 0 aliphatic rings. The van der Waals surface area contributed by atoms with E-state index in [2.05, 4.69) is 14.4 Å². The number of hydrogen-bond donors (Lipinski definition) is 4. The summed E-state index contributed by atoms with van der Waals surface area (Å²) in [4.78, 5) is 26.0. The zero-order chi connectivity index (χ0) is 11.7. The second-order valence-corrected chi connectivity index (χ2v) is 4.14. The van der Waals surface area contributed by atoms with Gasteiger partial charge in [0.2, 0.25) is 11.8 Å². The third kappa shape index (κ3) is 2.01. The summed E-state index contributed by atoms with van der Waals surface area (Å²) < 4.78 is 4.66. The van der Waals surface area contributed by atoms with E-state index in [1.165, 1.54) is 0 Å². The highest BCUT2D eigenvalue weighted by molar-refractivity contribution is 7.09. The van der Waals surface area contributed by atoms with E-state index in [0.717, 1.165) is 11.3 Å². The van der Waals surface area contributed by atoms with Crippen molar-refractivity contribution in [1.82, 2.24) is 9.97 Å². The number of hydrogen-bond acceptors (Lipinski definition) is 6. The first-order valence-corrected chi connectivity index (χ1v) is 5.20. The number of aromatic amines is 2. The number of H-pyrrole nitrogens is 2. The van der Waals surface area contributed by atoms with Crippen LogP contribution in [0.3, 0.4) is 0 Å². The summed E-state index contributed by atoms with van der Waals surface area (Å²) in [6.45, 7) is 0. The van der Waals surface area contributed by atoms with Crippen molar-refractivity contribution in [3.05, 3.63) is 30.9 Å². The van der Waals surface area contributed by atoms with Gasteiger partial charge < -0.3 is 14.6 Å². The molecule has 16 heavy (non-hydrogen) atoms. The van der Waals surface area contributed by atoms with Crippen molar-refractivity contribution in [1.29, 1.82) is 0 Å². The van der Waals surface area contributed by atoms with E-state index < -0.39 is 5.76 Å². The first-order valence-electron chi connectivity index (χ1n) is 4.38. The Morgan fingerprint density at radius 1 is 1.12 bits per heavy atom. The molecule has 0 aliphatic carbocycles. The zero-order valence-corrected chi connectivity index (χ0v) is 8.76. The van der Waals surface area contributed by atoms with Crippen LogP contribution in [0.4, 0.5) is 0 Å². The Balaban J connectivity index is 2.13. The highest BCUT2D eigenvalue weighted by Crippen LogP contribution is 2.20. The zero-order valence-electron chi connectivity index (χ0n) is 7.94. The number of rotatable bonds is 3. The summed E-state index contributed by atoms with van der Waals surface area (Å²) in [5.74, 6) is -1.15. The molecule has 2 aromatic rings. The van der Waals surface area contributed by atoms with Crippen molar-refractivity contribution in [3.63, 3.8) is 0 Å². The number of aromatic hydroxyl groups is 2. The lowest BCUT2D eigenvalue weighted by molar-refractivity contribution is 0.417. The Hall–Kier alpha value is -1.96. The molecule has 2 aromatic heterocycles. The lowest BCUT2D eigenvalue weighted by atomic mass is 10.2. The van der Waals surface area contributed by atoms with Crippen LogP contribution >= 0.6 is 11.3 Å². The van der Waals surface area contributed by atoms with Gasteiger partial charge >= 0.3 is 10.6 Å².